The Kier molecular flexibility index (Phi) is 6.58. The predicted octanol–water partition coefficient (Wildman–Crippen LogP) is 6.46. The fraction of sp³-hybridized carbons (Fsp3) is 0.556. The van der Waals surface area contributed by atoms with E-state index in [9.17, 15) is 0 Å². The van der Waals surface area contributed by atoms with Crippen LogP contribution in [0.4, 0.5) is 0 Å². The first-order chi connectivity index (χ1) is 8.97. The SMILES string of the molecule is C/C=C\C1C/C(=C\C(C)=C/CC)C(C)(C)C1/C=C/I. The van der Waals surface area contributed by atoms with Gasteiger partial charge in [-0.05, 0) is 48.0 Å². The van der Waals surface area contributed by atoms with Gasteiger partial charge in [-0.15, -0.1) is 0 Å². The maximum Gasteiger partial charge on any atom is -0.00711 e. The first-order valence-corrected chi connectivity index (χ1v) is 8.49. The molecule has 0 saturated heterocycles. The second-order valence-electron chi connectivity index (χ2n) is 5.99. The van der Waals surface area contributed by atoms with Crippen LogP contribution in [0.25, 0.3) is 0 Å². The maximum atomic E-state index is 2.42. The molecule has 0 aromatic heterocycles. The van der Waals surface area contributed by atoms with Crippen molar-refractivity contribution in [3.05, 3.63) is 45.6 Å². The molecule has 106 valence electrons. The smallest absolute Gasteiger partial charge is 0.00711 e. The lowest BCUT2D eigenvalue weighted by atomic mass is 9.76. The van der Waals surface area contributed by atoms with Crippen molar-refractivity contribution in [2.24, 2.45) is 17.3 Å². The second-order valence-corrected chi connectivity index (χ2v) is 6.70. The van der Waals surface area contributed by atoms with Gasteiger partial charge >= 0.3 is 0 Å². The van der Waals surface area contributed by atoms with Gasteiger partial charge in [0.1, 0.15) is 0 Å². The van der Waals surface area contributed by atoms with Gasteiger partial charge in [-0.25, -0.2) is 0 Å². The summed E-state index contributed by atoms with van der Waals surface area (Å²) in [5, 5.41) is 0. The fourth-order valence-corrected chi connectivity index (χ4v) is 3.64. The second kappa shape index (κ2) is 7.47. The monoisotopic (exact) mass is 370 g/mol. The summed E-state index contributed by atoms with van der Waals surface area (Å²) in [5.41, 5.74) is 3.26. The Balaban J connectivity index is 3.13. The topological polar surface area (TPSA) is 0 Å². The van der Waals surface area contributed by atoms with Crippen molar-refractivity contribution >= 4 is 22.6 Å². The van der Waals surface area contributed by atoms with E-state index in [1.165, 1.54) is 12.0 Å². The van der Waals surface area contributed by atoms with Crippen LogP contribution < -0.4 is 0 Å². The summed E-state index contributed by atoms with van der Waals surface area (Å²) in [7, 11) is 0. The minimum absolute atomic E-state index is 0.259. The van der Waals surface area contributed by atoms with Gasteiger partial charge in [0, 0.05) is 0 Å². The van der Waals surface area contributed by atoms with E-state index in [1.807, 2.05) is 0 Å². The molecule has 0 N–H and O–H groups in total. The molecular formula is C18H27I. The van der Waals surface area contributed by atoms with Crippen LogP contribution in [0.15, 0.2) is 45.6 Å². The van der Waals surface area contributed by atoms with Gasteiger partial charge in [0.05, 0.1) is 0 Å². The molecule has 0 aromatic carbocycles. The van der Waals surface area contributed by atoms with Gasteiger partial charge in [-0.3, -0.25) is 0 Å². The summed E-state index contributed by atoms with van der Waals surface area (Å²) in [6, 6.07) is 0. The first-order valence-electron chi connectivity index (χ1n) is 7.24. The summed E-state index contributed by atoms with van der Waals surface area (Å²) in [6.07, 6.45) is 14.0. The Hall–Kier alpha value is -0.310. The minimum Gasteiger partial charge on any atom is -0.0914 e. The van der Waals surface area contributed by atoms with Crippen molar-refractivity contribution in [3.63, 3.8) is 0 Å². The standard InChI is InChI=1S/C18H27I/c1-6-8-14(3)12-16-13-15(9-7-2)17(10-11-19)18(16,4)5/h7-12,15,17H,6,13H2,1-5H3/b9-7-,11-10+,14-8-,16-12+. The van der Waals surface area contributed by atoms with Crippen molar-refractivity contribution < 1.29 is 0 Å². The van der Waals surface area contributed by atoms with Gasteiger partial charge in [-0.1, -0.05) is 84.9 Å². The number of hydrogen-bond acceptors (Lipinski definition) is 0. The molecule has 2 atom stereocenters. The van der Waals surface area contributed by atoms with E-state index in [-0.39, 0.29) is 5.41 Å². The van der Waals surface area contributed by atoms with Crippen molar-refractivity contribution in [2.75, 3.05) is 0 Å². The van der Waals surface area contributed by atoms with Crippen LogP contribution in [-0.4, -0.2) is 0 Å². The van der Waals surface area contributed by atoms with Crippen LogP contribution in [0.3, 0.4) is 0 Å². The summed E-state index contributed by atoms with van der Waals surface area (Å²) >= 11 is 2.34. The zero-order valence-electron chi connectivity index (χ0n) is 12.9. The van der Waals surface area contributed by atoms with Crippen LogP contribution in [0.5, 0.6) is 0 Å². The summed E-state index contributed by atoms with van der Waals surface area (Å²) in [6.45, 7) is 11.3. The summed E-state index contributed by atoms with van der Waals surface area (Å²) < 4.78 is 2.18. The van der Waals surface area contributed by atoms with Gasteiger partial charge in [0.15, 0.2) is 0 Å². The van der Waals surface area contributed by atoms with E-state index in [1.54, 1.807) is 5.57 Å². The van der Waals surface area contributed by atoms with E-state index in [2.05, 4.69) is 91.7 Å². The minimum atomic E-state index is 0.259. The molecular weight excluding hydrogens is 343 g/mol. The quantitative estimate of drug-likeness (QED) is 0.394. The highest BCUT2D eigenvalue weighted by Crippen LogP contribution is 2.52. The summed E-state index contributed by atoms with van der Waals surface area (Å²) in [4.78, 5) is 0. The normalized spacial score (nSPS) is 30.0. The number of hydrogen-bond donors (Lipinski definition) is 0. The lowest BCUT2D eigenvalue weighted by molar-refractivity contribution is 0.332. The Labute approximate surface area is 132 Å². The zero-order valence-corrected chi connectivity index (χ0v) is 15.1. The van der Waals surface area contributed by atoms with Crippen LogP contribution in [-0.2, 0) is 0 Å². The third kappa shape index (κ3) is 4.08. The lowest BCUT2D eigenvalue weighted by Crippen LogP contribution is -2.20. The third-order valence-electron chi connectivity index (χ3n) is 4.23. The molecule has 1 aliphatic rings. The van der Waals surface area contributed by atoms with Crippen LogP contribution in [0, 0.1) is 17.3 Å². The molecule has 1 aliphatic carbocycles. The van der Waals surface area contributed by atoms with Crippen molar-refractivity contribution in [1.82, 2.24) is 0 Å². The van der Waals surface area contributed by atoms with Gasteiger partial charge < -0.3 is 0 Å². The van der Waals surface area contributed by atoms with E-state index in [0.717, 1.165) is 6.42 Å². The van der Waals surface area contributed by atoms with Crippen LogP contribution in [0.2, 0.25) is 0 Å². The molecule has 19 heavy (non-hydrogen) atoms. The molecule has 0 radical (unpaired) electrons. The highest BCUT2D eigenvalue weighted by atomic mass is 127. The molecule has 0 aliphatic heterocycles. The Morgan fingerprint density at radius 2 is 2.05 bits per heavy atom. The van der Waals surface area contributed by atoms with E-state index < -0.39 is 0 Å². The number of allylic oxidation sites excluding steroid dienone is 7. The fourth-order valence-electron chi connectivity index (χ4n) is 3.19. The highest BCUT2D eigenvalue weighted by Gasteiger charge is 2.42. The van der Waals surface area contributed by atoms with E-state index >= 15 is 0 Å². The predicted molar refractivity (Wildman–Crippen MR) is 95.5 cm³/mol. The van der Waals surface area contributed by atoms with Crippen molar-refractivity contribution in [1.29, 1.82) is 0 Å². The third-order valence-corrected chi connectivity index (χ3v) is 4.64. The average molecular weight is 370 g/mol. The van der Waals surface area contributed by atoms with Crippen molar-refractivity contribution in [3.8, 4) is 0 Å². The number of halogens is 1. The Morgan fingerprint density at radius 1 is 1.37 bits per heavy atom. The Bertz CT molecular complexity index is 407. The molecule has 0 spiro atoms. The Morgan fingerprint density at radius 3 is 2.58 bits per heavy atom. The van der Waals surface area contributed by atoms with Gasteiger partial charge in [0.2, 0.25) is 0 Å². The van der Waals surface area contributed by atoms with Crippen LogP contribution >= 0.6 is 22.6 Å². The van der Waals surface area contributed by atoms with Crippen LogP contribution in [0.1, 0.15) is 47.5 Å². The molecule has 1 rings (SSSR count). The maximum absolute atomic E-state index is 2.42. The molecule has 0 amide bonds. The molecule has 2 unspecified atom stereocenters. The average Bonchev–Trinajstić information content (AvgIpc) is 2.55. The first kappa shape index (κ1) is 16.7. The van der Waals surface area contributed by atoms with E-state index in [4.69, 9.17) is 0 Å². The van der Waals surface area contributed by atoms with E-state index in [0.29, 0.717) is 11.8 Å². The largest absolute Gasteiger partial charge is 0.0914 e. The molecule has 0 bridgehead atoms. The van der Waals surface area contributed by atoms with Crippen molar-refractivity contribution in [2.45, 2.75) is 47.5 Å². The molecule has 0 aromatic rings. The summed E-state index contributed by atoms with van der Waals surface area (Å²) in [5.74, 6) is 1.26. The van der Waals surface area contributed by atoms with Gasteiger partial charge in [-0.2, -0.15) is 0 Å². The lowest BCUT2D eigenvalue weighted by Gasteiger charge is -2.28. The zero-order chi connectivity index (χ0) is 14.5. The molecule has 1 saturated carbocycles. The van der Waals surface area contributed by atoms with Gasteiger partial charge in [0.25, 0.3) is 0 Å². The molecule has 1 heteroatoms. The molecule has 1 fully saturated rings. The molecule has 0 nitrogen and oxygen atoms in total. The highest BCUT2D eigenvalue weighted by molar-refractivity contribution is 14.1. The number of rotatable bonds is 4. The molecule has 0 heterocycles.